The third-order valence-electron chi connectivity index (χ3n) is 1.41. The zero-order valence-corrected chi connectivity index (χ0v) is 8.41. The number of hydrogen-bond acceptors (Lipinski definition) is 2. The minimum atomic E-state index is -0.771. The summed E-state index contributed by atoms with van der Waals surface area (Å²) in [6, 6.07) is 4.65. The first-order chi connectivity index (χ1) is 6.07. The van der Waals surface area contributed by atoms with Gasteiger partial charge in [0.2, 0.25) is 0 Å². The fourth-order valence-corrected chi connectivity index (χ4v) is 1.70. The van der Waals surface area contributed by atoms with Crippen LogP contribution in [0, 0.1) is 11.3 Å². The molecule has 0 saturated heterocycles. The lowest BCUT2D eigenvalue weighted by Crippen LogP contribution is -1.94. The maximum atomic E-state index is 10.8. The van der Waals surface area contributed by atoms with E-state index in [4.69, 9.17) is 40.1 Å². The lowest BCUT2D eigenvalue weighted by atomic mass is 10.1. The summed E-state index contributed by atoms with van der Waals surface area (Å²) in [6.07, 6.45) is 0. The lowest BCUT2D eigenvalue weighted by molar-refractivity contribution is 0.108. The topological polar surface area (TPSA) is 40.9 Å². The largest absolute Gasteiger partial charge is 0.275 e. The van der Waals surface area contributed by atoms with E-state index >= 15 is 0 Å². The van der Waals surface area contributed by atoms with Gasteiger partial charge in [0.05, 0.1) is 21.2 Å². The Balaban J connectivity index is 3.50. The van der Waals surface area contributed by atoms with Crippen LogP contribution in [0.1, 0.15) is 15.9 Å². The highest BCUT2D eigenvalue weighted by atomic mass is 35.5. The number of nitriles is 1. The average Bonchev–Trinajstić information content (AvgIpc) is 2.04. The summed E-state index contributed by atoms with van der Waals surface area (Å²) in [5.41, 5.74) is 0.152. The molecule has 0 aliphatic rings. The Labute approximate surface area is 89.6 Å². The Kier molecular flexibility index (Phi) is 3.16. The van der Waals surface area contributed by atoms with Gasteiger partial charge in [-0.3, -0.25) is 4.79 Å². The molecule has 0 fully saturated rings. The van der Waals surface area contributed by atoms with Crippen LogP contribution in [-0.4, -0.2) is 5.24 Å². The number of hydrogen-bond donors (Lipinski definition) is 0. The smallest absolute Gasteiger partial charge is 0.255 e. The van der Waals surface area contributed by atoms with Gasteiger partial charge in [-0.25, -0.2) is 0 Å². The Morgan fingerprint density at radius 2 is 2.00 bits per heavy atom. The molecule has 13 heavy (non-hydrogen) atoms. The molecule has 1 aromatic rings. The van der Waals surface area contributed by atoms with E-state index in [9.17, 15) is 4.79 Å². The molecule has 0 heterocycles. The van der Waals surface area contributed by atoms with Gasteiger partial charge < -0.3 is 0 Å². The summed E-state index contributed by atoms with van der Waals surface area (Å²) in [5, 5.41) is 7.95. The van der Waals surface area contributed by atoms with Crippen molar-refractivity contribution in [2.75, 3.05) is 0 Å². The van der Waals surface area contributed by atoms with Crippen molar-refractivity contribution in [1.82, 2.24) is 0 Å². The zero-order valence-electron chi connectivity index (χ0n) is 6.14. The Morgan fingerprint density at radius 1 is 1.38 bits per heavy atom. The highest BCUT2D eigenvalue weighted by Gasteiger charge is 2.15. The molecule has 0 amide bonds. The molecule has 1 rings (SSSR count). The number of carbonyl (C=O) groups excluding carboxylic acids is 1. The summed E-state index contributed by atoms with van der Waals surface area (Å²) in [7, 11) is 0. The predicted octanol–water partition coefficient (Wildman–Crippen LogP) is 3.24. The van der Waals surface area contributed by atoms with Crippen LogP contribution >= 0.6 is 34.8 Å². The van der Waals surface area contributed by atoms with E-state index in [-0.39, 0.29) is 21.2 Å². The monoisotopic (exact) mass is 233 g/mol. The third kappa shape index (κ3) is 1.94. The second kappa shape index (κ2) is 3.97. The van der Waals surface area contributed by atoms with Crippen molar-refractivity contribution in [2.24, 2.45) is 0 Å². The predicted molar refractivity (Wildman–Crippen MR) is 51.4 cm³/mol. The number of halogens is 3. The van der Waals surface area contributed by atoms with Gasteiger partial charge in [0, 0.05) is 0 Å². The van der Waals surface area contributed by atoms with Crippen molar-refractivity contribution in [3.63, 3.8) is 0 Å². The molecule has 0 spiro atoms. The quantitative estimate of drug-likeness (QED) is 0.700. The Hall–Kier alpha value is -0.750. The van der Waals surface area contributed by atoms with Gasteiger partial charge in [-0.15, -0.1) is 0 Å². The van der Waals surface area contributed by atoms with E-state index in [0.29, 0.717) is 0 Å². The molecular formula is C8H2Cl3NO. The number of nitrogens with zero attached hydrogens (tertiary/aromatic N) is 1. The van der Waals surface area contributed by atoms with Crippen LogP contribution < -0.4 is 0 Å². The molecule has 0 aliphatic heterocycles. The fourth-order valence-electron chi connectivity index (χ4n) is 0.819. The first-order valence-electron chi connectivity index (χ1n) is 3.16. The highest BCUT2D eigenvalue weighted by molar-refractivity contribution is 6.70. The Bertz CT molecular complexity index is 409. The first-order valence-corrected chi connectivity index (χ1v) is 4.29. The summed E-state index contributed by atoms with van der Waals surface area (Å²) >= 11 is 16.6. The van der Waals surface area contributed by atoms with Gasteiger partial charge in [0.15, 0.2) is 0 Å². The molecule has 0 aliphatic carbocycles. The SMILES string of the molecule is N#Cc1ccc(Cl)c(C(=O)Cl)c1Cl. The lowest BCUT2D eigenvalue weighted by Gasteiger charge is -2.02. The van der Waals surface area contributed by atoms with E-state index in [2.05, 4.69) is 0 Å². The average molecular weight is 234 g/mol. The molecular weight excluding hydrogens is 232 g/mol. The number of benzene rings is 1. The van der Waals surface area contributed by atoms with Crippen LogP contribution in [-0.2, 0) is 0 Å². The van der Waals surface area contributed by atoms with E-state index < -0.39 is 5.24 Å². The zero-order chi connectivity index (χ0) is 10.0. The second-order valence-corrected chi connectivity index (χ2v) is 3.30. The van der Waals surface area contributed by atoms with Crippen molar-refractivity contribution in [3.05, 3.63) is 33.3 Å². The molecule has 0 unspecified atom stereocenters. The first kappa shape index (κ1) is 10.3. The van der Waals surface area contributed by atoms with E-state index in [1.807, 2.05) is 6.07 Å². The minimum Gasteiger partial charge on any atom is -0.275 e. The fraction of sp³-hybridized carbons (Fsp3) is 0. The maximum absolute atomic E-state index is 10.8. The normalized spacial score (nSPS) is 9.38. The van der Waals surface area contributed by atoms with Crippen LogP contribution in [0.5, 0.6) is 0 Å². The highest BCUT2D eigenvalue weighted by Crippen LogP contribution is 2.28. The molecule has 0 radical (unpaired) electrons. The third-order valence-corrected chi connectivity index (χ3v) is 2.30. The van der Waals surface area contributed by atoms with E-state index in [1.165, 1.54) is 12.1 Å². The standard InChI is InChI=1S/C8H2Cl3NO/c9-5-2-1-4(3-12)7(10)6(5)8(11)13/h1-2H. The van der Waals surface area contributed by atoms with Crippen molar-refractivity contribution in [2.45, 2.75) is 0 Å². The number of rotatable bonds is 1. The molecule has 0 aromatic heterocycles. The van der Waals surface area contributed by atoms with Gasteiger partial charge in [-0.2, -0.15) is 5.26 Å². The second-order valence-electron chi connectivity index (χ2n) is 2.17. The van der Waals surface area contributed by atoms with Gasteiger partial charge in [-0.1, -0.05) is 23.2 Å². The molecule has 0 atom stereocenters. The van der Waals surface area contributed by atoms with Crippen LogP contribution in [0.2, 0.25) is 10.0 Å². The minimum absolute atomic E-state index is 0.00463. The van der Waals surface area contributed by atoms with Gasteiger partial charge >= 0.3 is 0 Å². The van der Waals surface area contributed by atoms with Gasteiger partial charge in [-0.05, 0) is 23.7 Å². The summed E-state index contributed by atoms with van der Waals surface area (Å²) in [5.74, 6) is 0. The number of carbonyl (C=O) groups is 1. The van der Waals surface area contributed by atoms with Crippen LogP contribution in [0.3, 0.4) is 0 Å². The van der Waals surface area contributed by atoms with Crippen LogP contribution in [0.15, 0.2) is 12.1 Å². The van der Waals surface area contributed by atoms with Gasteiger partial charge in [0.1, 0.15) is 6.07 Å². The van der Waals surface area contributed by atoms with Crippen LogP contribution in [0.4, 0.5) is 0 Å². The van der Waals surface area contributed by atoms with Gasteiger partial charge in [0.25, 0.3) is 5.24 Å². The maximum Gasteiger partial charge on any atom is 0.255 e. The van der Waals surface area contributed by atoms with Crippen LogP contribution in [0.25, 0.3) is 0 Å². The molecule has 1 aromatic carbocycles. The summed E-state index contributed by atoms with van der Waals surface area (Å²) in [4.78, 5) is 10.8. The molecule has 2 nitrogen and oxygen atoms in total. The molecule has 66 valence electrons. The molecule has 0 N–H and O–H groups in total. The van der Waals surface area contributed by atoms with Crippen molar-refractivity contribution in [3.8, 4) is 6.07 Å². The molecule has 0 bridgehead atoms. The Morgan fingerprint density at radius 3 is 2.46 bits per heavy atom. The molecule has 5 heteroatoms. The van der Waals surface area contributed by atoms with Crippen molar-refractivity contribution < 1.29 is 4.79 Å². The summed E-state index contributed by atoms with van der Waals surface area (Å²) < 4.78 is 0. The summed E-state index contributed by atoms with van der Waals surface area (Å²) in [6.45, 7) is 0. The van der Waals surface area contributed by atoms with E-state index in [0.717, 1.165) is 0 Å². The van der Waals surface area contributed by atoms with Crippen molar-refractivity contribution in [1.29, 1.82) is 5.26 Å². The van der Waals surface area contributed by atoms with E-state index in [1.54, 1.807) is 0 Å². The molecule has 0 saturated carbocycles. The van der Waals surface area contributed by atoms with Crippen molar-refractivity contribution >= 4 is 40.0 Å².